The smallest absolute Gasteiger partial charge is 0.258 e. The van der Waals surface area contributed by atoms with Crippen LogP contribution in [-0.2, 0) is 0 Å². The number of aromatic nitrogens is 1. The zero-order valence-corrected chi connectivity index (χ0v) is 10.3. The van der Waals surface area contributed by atoms with Crippen LogP contribution >= 0.6 is 22.9 Å². The van der Waals surface area contributed by atoms with E-state index in [-0.39, 0.29) is 5.69 Å². The minimum atomic E-state index is -0.444. The molecule has 6 heteroatoms. The maximum Gasteiger partial charge on any atom is 0.272 e. The lowest BCUT2D eigenvalue weighted by atomic mass is 10.2. The van der Waals surface area contributed by atoms with E-state index in [1.165, 1.54) is 23.5 Å². The van der Waals surface area contributed by atoms with Crippen LogP contribution in [0.1, 0.15) is 24.8 Å². The number of fused-ring (bicyclic) bond motifs is 1. The average molecular weight is 257 g/mol. The number of hydrogen-bond acceptors (Lipinski definition) is 4. The predicted octanol–water partition coefficient (Wildman–Crippen LogP) is 3.98. The molecule has 0 bridgehead atoms. The number of rotatable bonds is 2. The molecule has 1 heterocycles. The highest BCUT2D eigenvalue weighted by Crippen LogP contribution is 2.34. The molecule has 4 nitrogen and oxygen atoms in total. The van der Waals surface area contributed by atoms with Gasteiger partial charge in [-0.05, 0) is 0 Å². The third kappa shape index (κ3) is 1.88. The molecule has 0 aliphatic carbocycles. The van der Waals surface area contributed by atoms with Crippen molar-refractivity contribution in [3.05, 3.63) is 32.3 Å². The lowest BCUT2D eigenvalue weighted by Crippen LogP contribution is -1.87. The number of thiazole rings is 1. The molecular weight excluding hydrogens is 248 g/mol. The highest BCUT2D eigenvalue weighted by atomic mass is 35.5. The first kappa shape index (κ1) is 11.3. The molecule has 0 saturated carbocycles. The fourth-order valence-corrected chi connectivity index (χ4v) is 2.69. The van der Waals surface area contributed by atoms with Crippen molar-refractivity contribution in [1.29, 1.82) is 0 Å². The van der Waals surface area contributed by atoms with E-state index in [0.717, 1.165) is 9.71 Å². The zero-order chi connectivity index (χ0) is 11.9. The number of nitrogens with zero attached hydrogens (tertiary/aromatic N) is 2. The van der Waals surface area contributed by atoms with Gasteiger partial charge in [0.2, 0.25) is 0 Å². The Bertz CT molecular complexity index is 565. The summed E-state index contributed by atoms with van der Waals surface area (Å²) in [6.07, 6.45) is 0. The second-order valence-corrected chi connectivity index (χ2v) is 5.21. The minimum absolute atomic E-state index is 0.0106. The molecule has 0 fully saturated rings. The van der Waals surface area contributed by atoms with Gasteiger partial charge in [-0.3, -0.25) is 10.1 Å². The SMILES string of the molecule is CC(C)c1nc2c(Cl)cc([N+](=O)[O-])cc2s1. The van der Waals surface area contributed by atoms with Gasteiger partial charge in [-0.2, -0.15) is 0 Å². The molecule has 0 radical (unpaired) electrons. The third-order valence-electron chi connectivity index (χ3n) is 2.15. The molecule has 0 aliphatic heterocycles. The first-order chi connectivity index (χ1) is 7.49. The van der Waals surface area contributed by atoms with Crippen LogP contribution in [0.5, 0.6) is 0 Å². The summed E-state index contributed by atoms with van der Waals surface area (Å²) in [5.41, 5.74) is 0.664. The van der Waals surface area contributed by atoms with E-state index >= 15 is 0 Å². The first-order valence-corrected chi connectivity index (χ1v) is 5.93. The van der Waals surface area contributed by atoms with E-state index in [9.17, 15) is 10.1 Å². The van der Waals surface area contributed by atoms with Crippen LogP contribution in [0, 0.1) is 10.1 Å². The lowest BCUT2D eigenvalue weighted by Gasteiger charge is -1.94. The van der Waals surface area contributed by atoms with Gasteiger partial charge in [0.1, 0.15) is 5.52 Å². The molecule has 0 unspecified atom stereocenters. The molecule has 0 amide bonds. The van der Waals surface area contributed by atoms with Crippen LogP contribution in [0.2, 0.25) is 5.02 Å². The predicted molar refractivity (Wildman–Crippen MR) is 65.4 cm³/mol. The van der Waals surface area contributed by atoms with Gasteiger partial charge in [-0.25, -0.2) is 4.98 Å². The molecule has 16 heavy (non-hydrogen) atoms. The van der Waals surface area contributed by atoms with E-state index < -0.39 is 4.92 Å². The summed E-state index contributed by atoms with van der Waals surface area (Å²) >= 11 is 7.42. The van der Waals surface area contributed by atoms with Gasteiger partial charge in [0.15, 0.2) is 0 Å². The summed E-state index contributed by atoms with van der Waals surface area (Å²) in [5.74, 6) is 0.299. The van der Waals surface area contributed by atoms with Crippen molar-refractivity contribution in [2.75, 3.05) is 0 Å². The Balaban J connectivity index is 2.68. The van der Waals surface area contributed by atoms with Crippen LogP contribution in [0.25, 0.3) is 10.2 Å². The minimum Gasteiger partial charge on any atom is -0.258 e. The number of nitro groups is 1. The van der Waals surface area contributed by atoms with E-state index in [2.05, 4.69) is 4.98 Å². The molecule has 84 valence electrons. The summed E-state index contributed by atoms with van der Waals surface area (Å²) in [7, 11) is 0. The molecule has 2 rings (SSSR count). The highest BCUT2D eigenvalue weighted by molar-refractivity contribution is 7.18. The topological polar surface area (TPSA) is 56.0 Å². The summed E-state index contributed by atoms with van der Waals surface area (Å²) in [6, 6.07) is 2.86. The van der Waals surface area contributed by atoms with Crippen LogP contribution < -0.4 is 0 Å². The Kier molecular flexibility index (Phi) is 2.82. The van der Waals surface area contributed by atoms with E-state index in [0.29, 0.717) is 16.5 Å². The van der Waals surface area contributed by atoms with E-state index in [4.69, 9.17) is 11.6 Å². The molecule has 0 atom stereocenters. The lowest BCUT2D eigenvalue weighted by molar-refractivity contribution is -0.384. The number of nitro benzene ring substituents is 1. The average Bonchev–Trinajstić information content (AvgIpc) is 2.61. The molecule has 1 aromatic carbocycles. The summed E-state index contributed by atoms with van der Waals surface area (Å²) in [6.45, 7) is 4.06. The van der Waals surface area contributed by atoms with Crippen molar-refractivity contribution >= 4 is 38.8 Å². The van der Waals surface area contributed by atoms with Gasteiger partial charge >= 0.3 is 0 Å². The van der Waals surface area contributed by atoms with Crippen molar-refractivity contribution in [3.8, 4) is 0 Å². The van der Waals surface area contributed by atoms with E-state index in [1.807, 2.05) is 13.8 Å². The van der Waals surface area contributed by atoms with Gasteiger partial charge < -0.3 is 0 Å². The standard InChI is InChI=1S/C10H9ClN2O2S/c1-5(2)10-12-9-7(11)3-6(13(14)15)4-8(9)16-10/h3-5H,1-2H3. The van der Waals surface area contributed by atoms with Gasteiger partial charge in [0.05, 0.1) is 19.7 Å². The van der Waals surface area contributed by atoms with Crippen molar-refractivity contribution in [2.24, 2.45) is 0 Å². The monoisotopic (exact) mass is 256 g/mol. The van der Waals surface area contributed by atoms with Crippen LogP contribution in [-0.4, -0.2) is 9.91 Å². The maximum atomic E-state index is 10.7. The fourth-order valence-electron chi connectivity index (χ4n) is 1.34. The Morgan fingerprint density at radius 1 is 1.50 bits per heavy atom. The highest BCUT2D eigenvalue weighted by Gasteiger charge is 2.15. The Labute approximate surface area is 101 Å². The van der Waals surface area contributed by atoms with Crippen molar-refractivity contribution in [2.45, 2.75) is 19.8 Å². The Morgan fingerprint density at radius 3 is 2.75 bits per heavy atom. The van der Waals surface area contributed by atoms with E-state index in [1.54, 1.807) is 0 Å². The molecule has 0 spiro atoms. The molecule has 0 N–H and O–H groups in total. The van der Waals surface area contributed by atoms with Gasteiger partial charge in [0.25, 0.3) is 5.69 Å². The summed E-state index contributed by atoms with van der Waals surface area (Å²) < 4.78 is 0.767. The number of benzene rings is 1. The summed E-state index contributed by atoms with van der Waals surface area (Å²) in [5, 5.41) is 12.0. The fraction of sp³-hybridized carbons (Fsp3) is 0.300. The maximum absolute atomic E-state index is 10.7. The first-order valence-electron chi connectivity index (χ1n) is 4.73. The quantitative estimate of drug-likeness (QED) is 0.603. The molecule has 1 aromatic heterocycles. The van der Waals surface area contributed by atoms with Crippen molar-refractivity contribution in [1.82, 2.24) is 4.98 Å². The van der Waals surface area contributed by atoms with Crippen molar-refractivity contribution in [3.63, 3.8) is 0 Å². The second kappa shape index (κ2) is 3.99. The number of hydrogen-bond donors (Lipinski definition) is 0. The van der Waals surface area contributed by atoms with Crippen LogP contribution in [0.3, 0.4) is 0 Å². The molecule has 2 aromatic rings. The van der Waals surface area contributed by atoms with Crippen LogP contribution in [0.4, 0.5) is 5.69 Å². The van der Waals surface area contributed by atoms with Crippen LogP contribution in [0.15, 0.2) is 12.1 Å². The van der Waals surface area contributed by atoms with Gasteiger partial charge in [0, 0.05) is 18.1 Å². The number of halogens is 1. The normalized spacial score (nSPS) is 11.2. The molecule has 0 aliphatic rings. The number of non-ortho nitro benzene ring substituents is 1. The Morgan fingerprint density at radius 2 is 2.19 bits per heavy atom. The largest absolute Gasteiger partial charge is 0.272 e. The van der Waals surface area contributed by atoms with Crippen molar-refractivity contribution < 1.29 is 4.92 Å². The van der Waals surface area contributed by atoms with Gasteiger partial charge in [-0.15, -0.1) is 11.3 Å². The second-order valence-electron chi connectivity index (χ2n) is 3.74. The third-order valence-corrected chi connectivity index (χ3v) is 3.75. The molecule has 0 saturated heterocycles. The van der Waals surface area contributed by atoms with Gasteiger partial charge in [-0.1, -0.05) is 25.4 Å². The molecular formula is C10H9ClN2O2S. The summed E-state index contributed by atoms with van der Waals surface area (Å²) in [4.78, 5) is 14.6. The zero-order valence-electron chi connectivity index (χ0n) is 8.73. The Hall–Kier alpha value is -1.20.